The highest BCUT2D eigenvalue weighted by Crippen LogP contribution is 2.40. The molecule has 2 fully saturated rings. The van der Waals surface area contributed by atoms with Crippen LogP contribution in [-0.2, 0) is 10.2 Å². The Hall–Kier alpha value is -1.07. The lowest BCUT2D eigenvalue weighted by molar-refractivity contribution is -0.122. The largest absolute Gasteiger partial charge is 0.354 e. The van der Waals surface area contributed by atoms with Crippen LogP contribution in [0.4, 0.5) is 4.39 Å². The summed E-state index contributed by atoms with van der Waals surface area (Å²) in [4.78, 5) is 12.2. The first kappa shape index (κ1) is 14.9. The Morgan fingerprint density at radius 2 is 2.05 bits per heavy atom. The molecule has 1 aliphatic heterocycles. The topological polar surface area (TPSA) is 41.1 Å². The number of hydrogen-bond acceptors (Lipinski definition) is 3. The first-order valence-electron chi connectivity index (χ1n) is 7.55. The van der Waals surface area contributed by atoms with Crippen molar-refractivity contribution in [2.24, 2.45) is 0 Å². The van der Waals surface area contributed by atoms with E-state index in [1.807, 2.05) is 12.1 Å². The van der Waals surface area contributed by atoms with Crippen LogP contribution < -0.4 is 10.6 Å². The number of rotatable bonds is 4. The first-order chi connectivity index (χ1) is 10.2. The van der Waals surface area contributed by atoms with Crippen LogP contribution in [0, 0.1) is 5.82 Å². The summed E-state index contributed by atoms with van der Waals surface area (Å²) in [5.74, 6) is 1.58. The fraction of sp³-hybridized carbons (Fsp3) is 0.562. The Morgan fingerprint density at radius 1 is 1.33 bits per heavy atom. The highest BCUT2D eigenvalue weighted by molar-refractivity contribution is 7.99. The zero-order valence-corrected chi connectivity index (χ0v) is 12.8. The van der Waals surface area contributed by atoms with E-state index in [0.717, 1.165) is 30.0 Å². The van der Waals surface area contributed by atoms with E-state index in [0.29, 0.717) is 6.54 Å². The molecule has 0 aromatic heterocycles. The molecule has 1 saturated carbocycles. The van der Waals surface area contributed by atoms with Gasteiger partial charge in [-0.1, -0.05) is 25.0 Å². The molecule has 2 N–H and O–H groups in total. The van der Waals surface area contributed by atoms with Crippen molar-refractivity contribution in [1.82, 2.24) is 10.6 Å². The number of nitrogens with one attached hydrogen (secondary N) is 2. The zero-order valence-electron chi connectivity index (χ0n) is 12.0. The average molecular weight is 308 g/mol. The molecule has 3 nitrogen and oxygen atoms in total. The van der Waals surface area contributed by atoms with Crippen LogP contribution in [0.25, 0.3) is 0 Å². The van der Waals surface area contributed by atoms with Gasteiger partial charge in [-0.3, -0.25) is 10.1 Å². The molecule has 0 spiro atoms. The quantitative estimate of drug-likeness (QED) is 0.897. The van der Waals surface area contributed by atoms with E-state index < -0.39 is 0 Å². The first-order valence-corrected chi connectivity index (χ1v) is 8.70. The molecule has 21 heavy (non-hydrogen) atoms. The van der Waals surface area contributed by atoms with Gasteiger partial charge in [0.15, 0.2) is 0 Å². The lowest BCUT2D eigenvalue weighted by atomic mass is 9.78. The average Bonchev–Trinajstić information content (AvgIpc) is 3.18. The van der Waals surface area contributed by atoms with E-state index in [9.17, 15) is 9.18 Å². The van der Waals surface area contributed by atoms with Crippen molar-refractivity contribution in [3.63, 3.8) is 0 Å². The van der Waals surface area contributed by atoms with Crippen LogP contribution >= 0.6 is 11.8 Å². The Bertz CT molecular complexity index is 494. The molecule has 1 saturated heterocycles. The molecular weight excluding hydrogens is 287 g/mol. The molecule has 1 unspecified atom stereocenters. The molecule has 2 aliphatic rings. The van der Waals surface area contributed by atoms with Crippen LogP contribution in [-0.4, -0.2) is 30.1 Å². The fourth-order valence-corrected chi connectivity index (χ4v) is 4.31. The van der Waals surface area contributed by atoms with Gasteiger partial charge in [0.25, 0.3) is 0 Å². The second-order valence-electron chi connectivity index (χ2n) is 5.98. The summed E-state index contributed by atoms with van der Waals surface area (Å²) in [6.45, 7) is 0.653. The van der Waals surface area contributed by atoms with Crippen LogP contribution in [0.1, 0.15) is 31.2 Å². The third-order valence-electron chi connectivity index (χ3n) is 4.65. The van der Waals surface area contributed by atoms with E-state index in [4.69, 9.17) is 0 Å². The summed E-state index contributed by atoms with van der Waals surface area (Å²) in [5, 5.41) is 6.30. The summed E-state index contributed by atoms with van der Waals surface area (Å²) in [6, 6.07) is 6.72. The van der Waals surface area contributed by atoms with E-state index in [2.05, 4.69) is 10.6 Å². The van der Waals surface area contributed by atoms with Gasteiger partial charge in [-0.2, -0.15) is 0 Å². The van der Waals surface area contributed by atoms with E-state index in [1.54, 1.807) is 11.8 Å². The van der Waals surface area contributed by atoms with Crippen molar-refractivity contribution in [3.05, 3.63) is 35.6 Å². The maximum Gasteiger partial charge on any atom is 0.238 e. The normalized spacial score (nSPS) is 24.1. The lowest BCUT2D eigenvalue weighted by Gasteiger charge is -2.30. The smallest absolute Gasteiger partial charge is 0.238 e. The van der Waals surface area contributed by atoms with Gasteiger partial charge in [0.2, 0.25) is 5.91 Å². The minimum atomic E-state index is -0.205. The standard InChI is InChI=1S/C16H21FN2OS/c17-13-5-3-12(4-6-13)16(7-1-2-8-16)10-18-15(20)14-9-21-11-19-14/h3-6,14,19H,1-2,7-11H2,(H,18,20). The molecule has 1 amide bonds. The SMILES string of the molecule is O=C(NCC1(c2ccc(F)cc2)CCCC1)C1CSCN1. The van der Waals surface area contributed by atoms with Crippen LogP contribution in [0.3, 0.4) is 0 Å². The van der Waals surface area contributed by atoms with Crippen LogP contribution in [0.5, 0.6) is 0 Å². The molecular formula is C16H21FN2OS. The second-order valence-corrected chi connectivity index (χ2v) is 7.01. The summed E-state index contributed by atoms with van der Waals surface area (Å²) in [5.41, 5.74) is 1.13. The van der Waals surface area contributed by atoms with Gasteiger partial charge in [0, 0.05) is 23.6 Å². The number of benzene rings is 1. The van der Waals surface area contributed by atoms with Crippen LogP contribution in [0.15, 0.2) is 24.3 Å². The number of thioether (sulfide) groups is 1. The number of carbonyl (C=O) groups is 1. The summed E-state index contributed by atoms with van der Waals surface area (Å²) < 4.78 is 13.1. The maximum absolute atomic E-state index is 13.1. The molecule has 0 radical (unpaired) electrons. The van der Waals surface area contributed by atoms with E-state index in [-0.39, 0.29) is 23.2 Å². The van der Waals surface area contributed by atoms with E-state index in [1.165, 1.54) is 25.0 Å². The number of carbonyl (C=O) groups excluding carboxylic acids is 1. The minimum absolute atomic E-state index is 0.0187. The van der Waals surface area contributed by atoms with Crippen molar-refractivity contribution in [1.29, 1.82) is 0 Å². The molecule has 1 aromatic rings. The second kappa shape index (κ2) is 6.36. The lowest BCUT2D eigenvalue weighted by Crippen LogP contribution is -2.47. The van der Waals surface area contributed by atoms with Gasteiger partial charge in [-0.15, -0.1) is 11.8 Å². The fourth-order valence-electron chi connectivity index (χ4n) is 3.37. The predicted molar refractivity (Wildman–Crippen MR) is 83.8 cm³/mol. The van der Waals surface area contributed by atoms with Gasteiger partial charge in [-0.25, -0.2) is 4.39 Å². The highest BCUT2D eigenvalue weighted by Gasteiger charge is 2.36. The minimum Gasteiger partial charge on any atom is -0.354 e. The maximum atomic E-state index is 13.1. The monoisotopic (exact) mass is 308 g/mol. The highest BCUT2D eigenvalue weighted by atomic mass is 32.2. The molecule has 0 bridgehead atoms. The van der Waals surface area contributed by atoms with Gasteiger partial charge in [0.05, 0.1) is 6.04 Å². The third kappa shape index (κ3) is 3.24. The number of hydrogen-bond donors (Lipinski definition) is 2. The summed E-state index contributed by atoms with van der Waals surface area (Å²) in [7, 11) is 0. The van der Waals surface area contributed by atoms with Crippen molar-refractivity contribution in [3.8, 4) is 0 Å². The van der Waals surface area contributed by atoms with Crippen molar-refractivity contribution in [2.75, 3.05) is 18.2 Å². The Labute approximate surface area is 129 Å². The molecule has 1 heterocycles. The van der Waals surface area contributed by atoms with E-state index >= 15 is 0 Å². The summed E-state index contributed by atoms with van der Waals surface area (Å²) in [6.07, 6.45) is 4.47. The molecule has 1 aromatic carbocycles. The number of amides is 1. The Kier molecular flexibility index (Phi) is 4.50. The zero-order chi connectivity index (χ0) is 14.7. The van der Waals surface area contributed by atoms with Gasteiger partial charge in [0.1, 0.15) is 5.82 Å². The molecule has 1 atom stereocenters. The van der Waals surface area contributed by atoms with Gasteiger partial charge >= 0.3 is 0 Å². The molecule has 114 valence electrons. The van der Waals surface area contributed by atoms with Gasteiger partial charge < -0.3 is 5.32 Å². The van der Waals surface area contributed by atoms with Crippen molar-refractivity contribution < 1.29 is 9.18 Å². The molecule has 1 aliphatic carbocycles. The molecule has 3 rings (SSSR count). The Balaban J connectivity index is 1.69. The van der Waals surface area contributed by atoms with Crippen LogP contribution in [0.2, 0.25) is 0 Å². The molecule has 5 heteroatoms. The third-order valence-corrected chi connectivity index (χ3v) is 5.59. The predicted octanol–water partition coefficient (Wildman–Crippen LogP) is 2.42. The summed E-state index contributed by atoms with van der Waals surface area (Å²) >= 11 is 1.75. The van der Waals surface area contributed by atoms with Crippen molar-refractivity contribution >= 4 is 17.7 Å². The Morgan fingerprint density at radius 3 is 2.67 bits per heavy atom. The number of halogens is 1. The van der Waals surface area contributed by atoms with Crippen molar-refractivity contribution in [2.45, 2.75) is 37.1 Å². The van der Waals surface area contributed by atoms with Gasteiger partial charge in [-0.05, 0) is 30.5 Å².